The highest BCUT2D eigenvalue weighted by Crippen LogP contribution is 2.33. The average molecular weight is 290 g/mol. The van der Waals surface area contributed by atoms with E-state index in [1.165, 1.54) is 40.4 Å². The first-order chi connectivity index (χ1) is 9.69. The highest BCUT2D eigenvalue weighted by molar-refractivity contribution is 7.11. The highest BCUT2D eigenvalue weighted by atomic mass is 32.1. The predicted octanol–water partition coefficient (Wildman–Crippen LogP) is 2.76. The second-order valence-corrected chi connectivity index (χ2v) is 6.58. The lowest BCUT2D eigenvalue weighted by Gasteiger charge is -2.14. The molecule has 0 bridgehead atoms. The first-order valence-electron chi connectivity index (χ1n) is 7.41. The van der Waals surface area contributed by atoms with Gasteiger partial charge in [0.25, 0.3) is 0 Å². The van der Waals surface area contributed by atoms with Crippen molar-refractivity contribution in [3.63, 3.8) is 0 Å². The van der Waals surface area contributed by atoms with E-state index in [0.717, 1.165) is 18.7 Å². The van der Waals surface area contributed by atoms with Crippen molar-refractivity contribution < 1.29 is 0 Å². The molecule has 0 saturated carbocycles. The molecule has 2 aromatic rings. The smallest absolute Gasteiger partial charge is 0.115 e. The fraction of sp³-hybridized carbons (Fsp3) is 0.600. The van der Waals surface area contributed by atoms with Crippen molar-refractivity contribution in [1.29, 1.82) is 0 Å². The molecular weight excluding hydrogens is 268 g/mol. The summed E-state index contributed by atoms with van der Waals surface area (Å²) >= 11 is 1.89. The van der Waals surface area contributed by atoms with Gasteiger partial charge in [0, 0.05) is 23.7 Å². The van der Waals surface area contributed by atoms with E-state index in [1.54, 1.807) is 0 Å². The number of thiazole rings is 1. The van der Waals surface area contributed by atoms with E-state index in [2.05, 4.69) is 30.5 Å². The van der Waals surface area contributed by atoms with Crippen LogP contribution in [0.4, 0.5) is 0 Å². The van der Waals surface area contributed by atoms with Crippen LogP contribution in [0.5, 0.6) is 0 Å². The fourth-order valence-corrected chi connectivity index (χ4v) is 4.18. The molecule has 5 heteroatoms. The maximum atomic E-state index is 4.92. The number of aromatic nitrogens is 3. The molecule has 108 valence electrons. The number of nitrogens with zero attached hydrogens (tertiary/aromatic N) is 3. The van der Waals surface area contributed by atoms with Crippen LogP contribution in [-0.4, -0.2) is 21.3 Å². The lowest BCUT2D eigenvalue weighted by Crippen LogP contribution is -2.22. The monoisotopic (exact) mass is 290 g/mol. The second-order valence-electron chi connectivity index (χ2n) is 5.46. The molecule has 1 atom stereocenters. The van der Waals surface area contributed by atoms with Crippen molar-refractivity contribution in [1.82, 2.24) is 20.1 Å². The summed E-state index contributed by atoms with van der Waals surface area (Å²) in [5.74, 6) is 0. The van der Waals surface area contributed by atoms with Crippen molar-refractivity contribution in [3.8, 4) is 0 Å². The Morgan fingerprint density at radius 3 is 2.85 bits per heavy atom. The van der Waals surface area contributed by atoms with Crippen molar-refractivity contribution >= 4 is 11.3 Å². The number of hydrogen-bond donors (Lipinski definition) is 1. The molecule has 2 aromatic heterocycles. The van der Waals surface area contributed by atoms with Gasteiger partial charge in [-0.25, -0.2) is 4.98 Å². The first-order valence-corrected chi connectivity index (χ1v) is 8.22. The molecule has 20 heavy (non-hydrogen) atoms. The molecule has 3 rings (SSSR count). The summed E-state index contributed by atoms with van der Waals surface area (Å²) in [5, 5.41) is 9.25. The maximum Gasteiger partial charge on any atom is 0.115 e. The van der Waals surface area contributed by atoms with Crippen LogP contribution in [0.15, 0.2) is 6.20 Å². The second kappa shape index (κ2) is 5.66. The third-order valence-electron chi connectivity index (χ3n) is 3.88. The van der Waals surface area contributed by atoms with Gasteiger partial charge in [0.1, 0.15) is 5.01 Å². The topological polar surface area (TPSA) is 42.7 Å². The summed E-state index contributed by atoms with van der Waals surface area (Å²) in [6, 6.07) is 0.185. The van der Waals surface area contributed by atoms with Crippen LogP contribution < -0.4 is 5.32 Å². The van der Waals surface area contributed by atoms with E-state index in [-0.39, 0.29) is 6.04 Å². The van der Waals surface area contributed by atoms with Gasteiger partial charge in [-0.1, -0.05) is 6.92 Å². The zero-order valence-corrected chi connectivity index (χ0v) is 13.3. The summed E-state index contributed by atoms with van der Waals surface area (Å²) in [6.07, 6.45) is 7.07. The van der Waals surface area contributed by atoms with E-state index >= 15 is 0 Å². The minimum atomic E-state index is 0.185. The van der Waals surface area contributed by atoms with Crippen LogP contribution in [0.1, 0.15) is 52.6 Å². The summed E-state index contributed by atoms with van der Waals surface area (Å²) in [4.78, 5) is 6.41. The van der Waals surface area contributed by atoms with E-state index in [0.29, 0.717) is 0 Å². The molecule has 0 aromatic carbocycles. The van der Waals surface area contributed by atoms with Gasteiger partial charge in [-0.15, -0.1) is 11.3 Å². The number of fused-ring (bicyclic) bond motifs is 1. The Kier molecular flexibility index (Phi) is 3.89. The third-order valence-corrected chi connectivity index (χ3v) is 5.10. The van der Waals surface area contributed by atoms with Gasteiger partial charge >= 0.3 is 0 Å². The zero-order valence-electron chi connectivity index (χ0n) is 12.4. The van der Waals surface area contributed by atoms with Crippen LogP contribution in [-0.2, 0) is 19.9 Å². The van der Waals surface area contributed by atoms with Gasteiger partial charge < -0.3 is 5.32 Å². The minimum absolute atomic E-state index is 0.185. The van der Waals surface area contributed by atoms with Gasteiger partial charge in [-0.2, -0.15) is 5.10 Å². The van der Waals surface area contributed by atoms with Gasteiger partial charge in [0.15, 0.2) is 0 Å². The lowest BCUT2D eigenvalue weighted by atomic mass is 10.0. The Hall–Kier alpha value is -1.20. The molecule has 1 unspecified atom stereocenters. The fourth-order valence-electron chi connectivity index (χ4n) is 2.93. The van der Waals surface area contributed by atoms with Crippen molar-refractivity contribution in [2.75, 3.05) is 6.54 Å². The van der Waals surface area contributed by atoms with Crippen LogP contribution in [0, 0.1) is 6.92 Å². The SMILES string of the molecule is CCNC(c1nc2c(s1)CCCC2)c1cn(C)nc1C. The molecule has 0 saturated heterocycles. The summed E-state index contributed by atoms with van der Waals surface area (Å²) in [6.45, 7) is 5.16. The Labute approximate surface area is 124 Å². The van der Waals surface area contributed by atoms with E-state index < -0.39 is 0 Å². The Balaban J connectivity index is 1.98. The molecule has 4 nitrogen and oxygen atoms in total. The Morgan fingerprint density at radius 1 is 1.40 bits per heavy atom. The molecule has 1 aliphatic carbocycles. The molecule has 0 radical (unpaired) electrons. The molecule has 1 aliphatic rings. The Morgan fingerprint density at radius 2 is 2.20 bits per heavy atom. The van der Waals surface area contributed by atoms with Crippen LogP contribution in [0.2, 0.25) is 0 Å². The number of hydrogen-bond acceptors (Lipinski definition) is 4. The van der Waals surface area contributed by atoms with Crippen LogP contribution in [0.3, 0.4) is 0 Å². The normalized spacial score (nSPS) is 16.1. The highest BCUT2D eigenvalue weighted by Gasteiger charge is 2.24. The van der Waals surface area contributed by atoms with Gasteiger partial charge in [-0.05, 0) is 39.2 Å². The average Bonchev–Trinajstić information content (AvgIpc) is 2.99. The lowest BCUT2D eigenvalue weighted by molar-refractivity contribution is 0.618. The molecule has 2 heterocycles. The largest absolute Gasteiger partial charge is 0.304 e. The number of rotatable bonds is 4. The maximum absolute atomic E-state index is 4.92. The van der Waals surface area contributed by atoms with Crippen molar-refractivity contribution in [2.45, 2.75) is 45.6 Å². The quantitative estimate of drug-likeness (QED) is 0.941. The summed E-state index contributed by atoms with van der Waals surface area (Å²) < 4.78 is 1.89. The molecule has 0 aliphatic heterocycles. The molecule has 0 spiro atoms. The van der Waals surface area contributed by atoms with Crippen LogP contribution >= 0.6 is 11.3 Å². The number of nitrogens with one attached hydrogen (secondary N) is 1. The summed E-state index contributed by atoms with van der Waals surface area (Å²) in [7, 11) is 1.98. The predicted molar refractivity (Wildman–Crippen MR) is 82.2 cm³/mol. The molecular formula is C15H22N4S. The van der Waals surface area contributed by atoms with Gasteiger partial charge in [0.2, 0.25) is 0 Å². The first kappa shape index (κ1) is 13.8. The summed E-state index contributed by atoms with van der Waals surface area (Å²) in [5.41, 5.74) is 3.67. The Bertz CT molecular complexity index is 576. The van der Waals surface area contributed by atoms with Crippen molar-refractivity contribution in [2.24, 2.45) is 7.05 Å². The third kappa shape index (κ3) is 2.52. The van der Waals surface area contributed by atoms with E-state index in [4.69, 9.17) is 4.98 Å². The molecule has 1 N–H and O–H groups in total. The minimum Gasteiger partial charge on any atom is -0.304 e. The van der Waals surface area contributed by atoms with Crippen molar-refractivity contribution in [3.05, 3.63) is 33.0 Å². The van der Waals surface area contributed by atoms with E-state index in [1.807, 2.05) is 23.1 Å². The molecule has 0 amide bonds. The standard InChI is InChI=1S/C15H22N4S/c1-4-16-14(11-9-19(3)18-10(11)2)15-17-12-7-5-6-8-13(12)20-15/h9,14,16H,4-8H2,1-3H3. The zero-order chi connectivity index (χ0) is 14.1. The van der Waals surface area contributed by atoms with Gasteiger partial charge in [-0.3, -0.25) is 4.68 Å². The molecule has 0 fully saturated rings. The van der Waals surface area contributed by atoms with Gasteiger partial charge in [0.05, 0.1) is 17.4 Å². The van der Waals surface area contributed by atoms with Crippen LogP contribution in [0.25, 0.3) is 0 Å². The number of aryl methyl sites for hydroxylation is 4. The van der Waals surface area contributed by atoms with E-state index in [9.17, 15) is 0 Å².